The summed E-state index contributed by atoms with van der Waals surface area (Å²) in [4.78, 5) is 11.1. The van der Waals surface area contributed by atoms with Gasteiger partial charge in [-0.25, -0.2) is 14.4 Å². The summed E-state index contributed by atoms with van der Waals surface area (Å²) in [6.45, 7) is 3.48. The molecule has 0 bridgehead atoms. The molecule has 7 nitrogen and oxygen atoms in total. The molecule has 33 heavy (non-hydrogen) atoms. The lowest BCUT2D eigenvalue weighted by Gasteiger charge is -2.22. The van der Waals surface area contributed by atoms with Gasteiger partial charge in [0, 0.05) is 42.2 Å². The maximum atomic E-state index is 14.2. The fraction of sp³-hybridized carbons (Fsp3) is 0.417. The van der Waals surface area contributed by atoms with Gasteiger partial charge in [-0.15, -0.1) is 0 Å². The number of methoxy groups -OCH3 is 1. The fourth-order valence-electron chi connectivity index (χ4n) is 4.67. The highest BCUT2D eigenvalue weighted by Crippen LogP contribution is 2.35. The Hall–Kier alpha value is -2.68. The second-order valence-electron chi connectivity index (χ2n) is 8.28. The molecule has 5 rings (SSSR count). The first-order valence-electron chi connectivity index (χ1n) is 11.2. The fourth-order valence-corrected chi connectivity index (χ4v) is 4.85. The molecule has 2 aromatic carbocycles. The molecule has 1 aromatic heterocycles. The maximum Gasteiger partial charge on any atom is 0.162 e. The average molecular weight is 473 g/mol. The highest BCUT2D eigenvalue weighted by molar-refractivity contribution is 6.30. The van der Waals surface area contributed by atoms with Gasteiger partial charge in [-0.3, -0.25) is 4.90 Å². The molecule has 2 aliphatic heterocycles. The summed E-state index contributed by atoms with van der Waals surface area (Å²) in [7, 11) is 1.60. The van der Waals surface area contributed by atoms with E-state index in [1.54, 1.807) is 13.2 Å². The first-order valence-corrected chi connectivity index (χ1v) is 11.5. The maximum absolute atomic E-state index is 14.2. The van der Waals surface area contributed by atoms with Crippen molar-refractivity contribution in [3.05, 3.63) is 47.5 Å². The predicted molar refractivity (Wildman–Crippen MR) is 125 cm³/mol. The molecule has 2 aliphatic rings. The van der Waals surface area contributed by atoms with Gasteiger partial charge >= 0.3 is 0 Å². The van der Waals surface area contributed by atoms with Crippen LogP contribution in [0.25, 0.3) is 10.9 Å². The number of fused-ring (bicyclic) bond motifs is 2. The van der Waals surface area contributed by atoms with Gasteiger partial charge in [0.05, 0.1) is 31.0 Å². The third-order valence-corrected chi connectivity index (χ3v) is 6.53. The number of halogens is 2. The van der Waals surface area contributed by atoms with Crippen LogP contribution in [0.3, 0.4) is 0 Å². The standard InChI is InChI=1S/C24H26ClFN4O3/c1-31-22-13-18-16(24(28-14-27-18)29-19-11-15(25)3-4-17(19)26)12-23(22)32-9-2-7-30-8-5-21-20(30)6-10-33-21/h3-4,11-14,20-21H,2,5-10H2,1H3,(H,27,28,29)/t20-,21-/m1/s1. The highest BCUT2D eigenvalue weighted by Gasteiger charge is 2.38. The molecule has 0 spiro atoms. The Morgan fingerprint density at radius 2 is 2.12 bits per heavy atom. The number of rotatable bonds is 8. The summed E-state index contributed by atoms with van der Waals surface area (Å²) in [5.41, 5.74) is 0.893. The smallest absolute Gasteiger partial charge is 0.162 e. The van der Waals surface area contributed by atoms with E-state index in [9.17, 15) is 4.39 Å². The molecule has 174 valence electrons. The van der Waals surface area contributed by atoms with E-state index in [1.807, 2.05) is 6.07 Å². The van der Waals surface area contributed by atoms with Crippen molar-refractivity contribution < 1.29 is 18.6 Å². The minimum Gasteiger partial charge on any atom is -0.493 e. The van der Waals surface area contributed by atoms with Crippen molar-refractivity contribution in [2.45, 2.75) is 31.4 Å². The van der Waals surface area contributed by atoms with Crippen LogP contribution in [-0.4, -0.2) is 60.4 Å². The largest absolute Gasteiger partial charge is 0.493 e. The van der Waals surface area contributed by atoms with Crippen LogP contribution in [0, 0.1) is 5.82 Å². The lowest BCUT2D eigenvalue weighted by Crippen LogP contribution is -2.33. The van der Waals surface area contributed by atoms with Crippen molar-refractivity contribution in [3.63, 3.8) is 0 Å². The van der Waals surface area contributed by atoms with Gasteiger partial charge in [0.15, 0.2) is 11.5 Å². The summed E-state index contributed by atoms with van der Waals surface area (Å²) < 4.78 is 31.6. The Morgan fingerprint density at radius 1 is 1.21 bits per heavy atom. The first kappa shape index (κ1) is 22.1. The van der Waals surface area contributed by atoms with Gasteiger partial charge in [0.25, 0.3) is 0 Å². The van der Waals surface area contributed by atoms with Gasteiger partial charge in [0.1, 0.15) is 18.0 Å². The molecule has 0 unspecified atom stereocenters. The Kier molecular flexibility index (Phi) is 6.48. The van der Waals surface area contributed by atoms with Crippen LogP contribution < -0.4 is 14.8 Å². The van der Waals surface area contributed by atoms with Gasteiger partial charge in [-0.05, 0) is 43.5 Å². The van der Waals surface area contributed by atoms with E-state index in [-0.39, 0.29) is 5.69 Å². The summed E-state index contributed by atoms with van der Waals surface area (Å²) in [5, 5.41) is 4.14. The zero-order chi connectivity index (χ0) is 22.8. The Morgan fingerprint density at radius 3 is 3.00 bits per heavy atom. The summed E-state index contributed by atoms with van der Waals surface area (Å²) in [6.07, 6.45) is 4.96. The van der Waals surface area contributed by atoms with Crippen molar-refractivity contribution in [2.75, 3.05) is 38.7 Å². The molecule has 0 amide bonds. The molecule has 3 heterocycles. The molecule has 2 saturated heterocycles. The molecule has 0 aliphatic carbocycles. The first-order chi connectivity index (χ1) is 16.1. The van der Waals surface area contributed by atoms with E-state index in [0.717, 1.165) is 39.0 Å². The number of likely N-dealkylation sites (tertiary alicyclic amines) is 1. The van der Waals surface area contributed by atoms with E-state index < -0.39 is 5.82 Å². The predicted octanol–water partition coefficient (Wildman–Crippen LogP) is 4.81. The molecule has 3 aromatic rings. The topological polar surface area (TPSA) is 68.7 Å². The normalized spacial score (nSPS) is 20.2. The number of hydrogen-bond donors (Lipinski definition) is 1. The number of nitrogens with zero attached hydrogens (tertiary/aromatic N) is 3. The van der Waals surface area contributed by atoms with Crippen LogP contribution >= 0.6 is 11.6 Å². The zero-order valence-corrected chi connectivity index (χ0v) is 19.1. The van der Waals surface area contributed by atoms with Gasteiger partial charge in [0.2, 0.25) is 0 Å². The molecular formula is C24H26ClFN4O3. The third kappa shape index (κ3) is 4.69. The second kappa shape index (κ2) is 9.67. The minimum absolute atomic E-state index is 0.237. The van der Waals surface area contributed by atoms with E-state index in [4.69, 9.17) is 25.8 Å². The van der Waals surface area contributed by atoms with E-state index >= 15 is 0 Å². The lowest BCUT2D eigenvalue weighted by atomic mass is 10.1. The van der Waals surface area contributed by atoms with Crippen LogP contribution in [-0.2, 0) is 4.74 Å². The van der Waals surface area contributed by atoms with Crippen molar-refractivity contribution in [1.82, 2.24) is 14.9 Å². The Bertz CT molecular complexity index is 1150. The summed E-state index contributed by atoms with van der Waals surface area (Å²) >= 11 is 6.03. The molecule has 2 atom stereocenters. The molecule has 9 heteroatoms. The zero-order valence-electron chi connectivity index (χ0n) is 18.4. The Labute approximate surface area is 196 Å². The van der Waals surface area contributed by atoms with Crippen LogP contribution in [0.2, 0.25) is 5.02 Å². The number of anilines is 2. The summed E-state index contributed by atoms with van der Waals surface area (Å²) in [6, 6.07) is 8.51. The van der Waals surface area contributed by atoms with Crippen LogP contribution in [0.1, 0.15) is 19.3 Å². The molecule has 0 saturated carbocycles. The van der Waals surface area contributed by atoms with Gasteiger partial charge < -0.3 is 19.5 Å². The minimum atomic E-state index is -0.423. The number of nitrogens with one attached hydrogen (secondary N) is 1. The van der Waals surface area contributed by atoms with Gasteiger partial charge in [-0.2, -0.15) is 0 Å². The molecule has 0 radical (unpaired) electrons. The van der Waals surface area contributed by atoms with E-state index in [0.29, 0.717) is 52.0 Å². The van der Waals surface area contributed by atoms with Crippen LogP contribution in [0.5, 0.6) is 11.5 Å². The third-order valence-electron chi connectivity index (χ3n) is 6.29. The van der Waals surface area contributed by atoms with Gasteiger partial charge in [-0.1, -0.05) is 11.6 Å². The van der Waals surface area contributed by atoms with E-state index in [1.165, 1.54) is 24.5 Å². The van der Waals surface area contributed by atoms with Crippen LogP contribution in [0.4, 0.5) is 15.9 Å². The van der Waals surface area contributed by atoms with Crippen LogP contribution in [0.15, 0.2) is 36.7 Å². The second-order valence-corrected chi connectivity index (χ2v) is 8.72. The van der Waals surface area contributed by atoms with Crippen molar-refractivity contribution in [1.29, 1.82) is 0 Å². The van der Waals surface area contributed by atoms with Crippen molar-refractivity contribution >= 4 is 34.0 Å². The lowest BCUT2D eigenvalue weighted by molar-refractivity contribution is 0.105. The monoisotopic (exact) mass is 472 g/mol. The van der Waals surface area contributed by atoms with Crippen molar-refractivity contribution in [2.24, 2.45) is 0 Å². The number of ether oxygens (including phenoxy) is 3. The Balaban J connectivity index is 1.31. The molecule has 2 fully saturated rings. The molecule has 1 N–H and O–H groups in total. The summed E-state index contributed by atoms with van der Waals surface area (Å²) in [5.74, 6) is 1.22. The SMILES string of the molecule is COc1cc2ncnc(Nc3cc(Cl)ccc3F)c2cc1OCCCN1CC[C@H]2OCC[C@H]21. The number of aromatic nitrogens is 2. The van der Waals surface area contributed by atoms with Crippen molar-refractivity contribution in [3.8, 4) is 11.5 Å². The van der Waals surface area contributed by atoms with E-state index in [2.05, 4.69) is 20.2 Å². The quantitative estimate of drug-likeness (QED) is 0.472. The number of hydrogen-bond acceptors (Lipinski definition) is 7. The average Bonchev–Trinajstić information content (AvgIpc) is 3.43. The highest BCUT2D eigenvalue weighted by atomic mass is 35.5. The number of benzene rings is 2. The molecular weight excluding hydrogens is 447 g/mol.